The molecule has 1 saturated heterocycles. The normalized spacial score (nSPS) is 17.3. The minimum Gasteiger partial charge on any atom is -0.338 e. The molecule has 0 aromatic heterocycles. The van der Waals surface area contributed by atoms with Gasteiger partial charge in [-0.1, -0.05) is 56.3 Å². The number of rotatable bonds is 5. The Bertz CT molecular complexity index is 1080. The zero-order chi connectivity index (χ0) is 24.6. The van der Waals surface area contributed by atoms with E-state index in [4.69, 9.17) is 0 Å². The summed E-state index contributed by atoms with van der Waals surface area (Å²) < 4.78 is 0. The van der Waals surface area contributed by atoms with Gasteiger partial charge in [0.1, 0.15) is 6.04 Å². The van der Waals surface area contributed by atoms with Gasteiger partial charge in [0.15, 0.2) is 0 Å². The molecule has 1 fully saturated rings. The van der Waals surface area contributed by atoms with Gasteiger partial charge in [0.25, 0.3) is 11.8 Å². The molecule has 0 spiro atoms. The predicted molar refractivity (Wildman–Crippen MR) is 128 cm³/mol. The molecule has 178 valence electrons. The van der Waals surface area contributed by atoms with Crippen LogP contribution in [0.25, 0.3) is 0 Å². The van der Waals surface area contributed by atoms with Crippen LogP contribution < -0.4 is 0 Å². The van der Waals surface area contributed by atoms with E-state index in [0.29, 0.717) is 37.3 Å². The molecule has 2 heterocycles. The second-order valence-corrected chi connectivity index (χ2v) is 9.82. The van der Waals surface area contributed by atoms with Crippen LogP contribution in [0, 0.1) is 5.92 Å². The molecule has 2 aliphatic heterocycles. The zero-order valence-corrected chi connectivity index (χ0v) is 20.2. The first-order valence-corrected chi connectivity index (χ1v) is 11.7. The lowest BCUT2D eigenvalue weighted by Crippen LogP contribution is -2.59. The van der Waals surface area contributed by atoms with Crippen LogP contribution in [-0.2, 0) is 15.0 Å². The SMILES string of the molecule is CC(C)C(C(=O)N1CCN(C(=O)C(C)(C)c2ccccc2)CC1)N1C(=O)c2ccccc2C1=O. The fraction of sp³-hybridized carbons (Fsp3) is 0.407. The van der Waals surface area contributed by atoms with Crippen molar-refractivity contribution in [2.45, 2.75) is 39.2 Å². The van der Waals surface area contributed by atoms with Crippen LogP contribution in [0.15, 0.2) is 54.6 Å². The monoisotopic (exact) mass is 461 g/mol. The summed E-state index contributed by atoms with van der Waals surface area (Å²) in [7, 11) is 0. The molecule has 0 aliphatic carbocycles. The molecule has 0 radical (unpaired) electrons. The summed E-state index contributed by atoms with van der Waals surface area (Å²) in [6.45, 7) is 9.06. The average molecular weight is 462 g/mol. The molecule has 4 rings (SSSR count). The van der Waals surface area contributed by atoms with Gasteiger partial charge in [-0.05, 0) is 37.5 Å². The van der Waals surface area contributed by atoms with E-state index in [1.165, 1.54) is 0 Å². The van der Waals surface area contributed by atoms with Crippen molar-refractivity contribution in [1.82, 2.24) is 14.7 Å². The van der Waals surface area contributed by atoms with E-state index in [9.17, 15) is 19.2 Å². The summed E-state index contributed by atoms with van der Waals surface area (Å²) in [4.78, 5) is 57.4. The Hall–Kier alpha value is -3.48. The highest BCUT2D eigenvalue weighted by molar-refractivity contribution is 6.22. The van der Waals surface area contributed by atoms with Crippen molar-refractivity contribution < 1.29 is 19.2 Å². The summed E-state index contributed by atoms with van der Waals surface area (Å²) in [5.41, 5.74) is 0.951. The van der Waals surface area contributed by atoms with Crippen LogP contribution in [0.1, 0.15) is 54.0 Å². The molecule has 7 heteroatoms. The van der Waals surface area contributed by atoms with Crippen LogP contribution in [0.3, 0.4) is 0 Å². The molecule has 7 nitrogen and oxygen atoms in total. The topological polar surface area (TPSA) is 78.0 Å². The Balaban J connectivity index is 1.47. The Kier molecular flexibility index (Phi) is 6.30. The highest BCUT2D eigenvalue weighted by atomic mass is 16.2. The lowest BCUT2D eigenvalue weighted by molar-refractivity contribution is -0.145. The van der Waals surface area contributed by atoms with E-state index in [2.05, 4.69) is 0 Å². The van der Waals surface area contributed by atoms with Gasteiger partial charge in [-0.25, -0.2) is 0 Å². The number of hydrogen-bond acceptors (Lipinski definition) is 4. The van der Waals surface area contributed by atoms with E-state index < -0.39 is 23.3 Å². The number of carbonyl (C=O) groups is 4. The van der Waals surface area contributed by atoms with Crippen LogP contribution in [0.4, 0.5) is 0 Å². The fourth-order valence-electron chi connectivity index (χ4n) is 4.84. The first-order valence-electron chi connectivity index (χ1n) is 11.7. The van der Waals surface area contributed by atoms with E-state index in [-0.39, 0.29) is 17.7 Å². The third kappa shape index (κ3) is 4.00. The first kappa shape index (κ1) is 23.7. The van der Waals surface area contributed by atoms with Gasteiger partial charge < -0.3 is 9.80 Å². The minimum atomic E-state index is -0.879. The van der Waals surface area contributed by atoms with Crippen molar-refractivity contribution in [1.29, 1.82) is 0 Å². The number of nitrogens with zero attached hydrogens (tertiary/aromatic N) is 3. The molecule has 1 unspecified atom stereocenters. The number of benzene rings is 2. The summed E-state index contributed by atoms with van der Waals surface area (Å²) in [5.74, 6) is -1.32. The number of fused-ring (bicyclic) bond motifs is 1. The van der Waals surface area contributed by atoms with Crippen molar-refractivity contribution in [3.63, 3.8) is 0 Å². The van der Waals surface area contributed by atoms with Crippen LogP contribution in [0.5, 0.6) is 0 Å². The number of carbonyl (C=O) groups excluding carboxylic acids is 4. The Morgan fingerprint density at radius 1 is 0.765 bits per heavy atom. The molecular formula is C27H31N3O4. The van der Waals surface area contributed by atoms with Gasteiger partial charge in [0.05, 0.1) is 16.5 Å². The molecule has 34 heavy (non-hydrogen) atoms. The summed E-state index contributed by atoms with van der Waals surface area (Å²) in [6.07, 6.45) is 0. The van der Waals surface area contributed by atoms with Gasteiger partial charge in [0, 0.05) is 26.2 Å². The Morgan fingerprint density at radius 3 is 1.74 bits per heavy atom. The molecule has 0 bridgehead atoms. The molecule has 2 aromatic carbocycles. The smallest absolute Gasteiger partial charge is 0.262 e. The van der Waals surface area contributed by atoms with Gasteiger partial charge in [-0.15, -0.1) is 0 Å². The van der Waals surface area contributed by atoms with Gasteiger partial charge >= 0.3 is 0 Å². The summed E-state index contributed by atoms with van der Waals surface area (Å²) in [6, 6.07) is 15.5. The molecular weight excluding hydrogens is 430 g/mol. The summed E-state index contributed by atoms with van der Waals surface area (Å²) in [5, 5.41) is 0. The summed E-state index contributed by atoms with van der Waals surface area (Å²) >= 11 is 0. The quantitative estimate of drug-likeness (QED) is 0.642. The molecule has 1 atom stereocenters. The van der Waals surface area contributed by atoms with Crippen LogP contribution in [0.2, 0.25) is 0 Å². The van der Waals surface area contributed by atoms with Gasteiger partial charge in [0.2, 0.25) is 11.8 Å². The van der Waals surface area contributed by atoms with Crippen LogP contribution in [-0.4, -0.2) is 70.5 Å². The van der Waals surface area contributed by atoms with Gasteiger partial charge in [-0.3, -0.25) is 24.1 Å². The van der Waals surface area contributed by atoms with E-state index in [0.717, 1.165) is 10.5 Å². The highest BCUT2D eigenvalue weighted by Crippen LogP contribution is 2.29. The maximum atomic E-state index is 13.5. The zero-order valence-electron chi connectivity index (χ0n) is 20.2. The molecule has 0 saturated carbocycles. The van der Waals surface area contributed by atoms with Crippen molar-refractivity contribution >= 4 is 23.6 Å². The fourth-order valence-corrected chi connectivity index (χ4v) is 4.84. The molecule has 2 aromatic rings. The Labute approximate surface area is 200 Å². The second-order valence-electron chi connectivity index (χ2n) is 9.82. The number of piperazine rings is 1. The number of hydrogen-bond donors (Lipinski definition) is 0. The lowest BCUT2D eigenvalue weighted by Gasteiger charge is -2.41. The van der Waals surface area contributed by atoms with Crippen molar-refractivity contribution in [3.8, 4) is 0 Å². The minimum absolute atomic E-state index is 0.0200. The van der Waals surface area contributed by atoms with E-state index in [1.54, 1.807) is 34.1 Å². The maximum Gasteiger partial charge on any atom is 0.262 e. The number of amides is 4. The maximum absolute atomic E-state index is 13.5. The predicted octanol–water partition coefficient (Wildman–Crippen LogP) is 2.96. The molecule has 2 aliphatic rings. The molecule has 0 N–H and O–H groups in total. The number of imide groups is 1. The van der Waals surface area contributed by atoms with Crippen molar-refractivity contribution in [2.75, 3.05) is 26.2 Å². The average Bonchev–Trinajstić information content (AvgIpc) is 3.09. The third-order valence-corrected chi connectivity index (χ3v) is 6.90. The van der Waals surface area contributed by atoms with Crippen molar-refractivity contribution in [3.05, 3.63) is 71.3 Å². The highest BCUT2D eigenvalue weighted by Gasteiger charge is 2.45. The van der Waals surface area contributed by atoms with Crippen molar-refractivity contribution in [2.24, 2.45) is 5.92 Å². The second kappa shape index (κ2) is 9.05. The third-order valence-electron chi connectivity index (χ3n) is 6.90. The Morgan fingerprint density at radius 2 is 1.24 bits per heavy atom. The van der Waals surface area contributed by atoms with E-state index in [1.807, 2.05) is 58.0 Å². The lowest BCUT2D eigenvalue weighted by atomic mass is 9.83. The largest absolute Gasteiger partial charge is 0.338 e. The van der Waals surface area contributed by atoms with Crippen LogP contribution >= 0.6 is 0 Å². The standard InChI is InChI=1S/C27H31N3O4/c1-18(2)22(30-23(31)20-12-8-9-13-21(20)24(30)32)25(33)28-14-16-29(17-15-28)26(34)27(3,4)19-10-6-5-7-11-19/h5-13,18,22H,14-17H2,1-4H3. The van der Waals surface area contributed by atoms with E-state index >= 15 is 0 Å². The first-order chi connectivity index (χ1) is 16.1. The van der Waals surface area contributed by atoms with Gasteiger partial charge in [-0.2, -0.15) is 0 Å². The molecule has 4 amide bonds.